The Morgan fingerprint density at radius 3 is 2.60 bits per heavy atom. The van der Waals surface area contributed by atoms with Gasteiger partial charge in [-0.2, -0.15) is 5.10 Å². The van der Waals surface area contributed by atoms with Gasteiger partial charge in [0.25, 0.3) is 0 Å². The van der Waals surface area contributed by atoms with Gasteiger partial charge in [0.2, 0.25) is 5.91 Å². The Labute approximate surface area is 114 Å². The molecule has 0 spiro atoms. The van der Waals surface area contributed by atoms with Gasteiger partial charge in [0.15, 0.2) is 11.6 Å². The van der Waals surface area contributed by atoms with Crippen LogP contribution >= 0.6 is 0 Å². The number of anilines is 2. The summed E-state index contributed by atoms with van der Waals surface area (Å²) in [6.07, 6.45) is 0. The van der Waals surface area contributed by atoms with Crippen molar-refractivity contribution in [1.82, 2.24) is 9.78 Å². The molecule has 1 amide bonds. The highest BCUT2D eigenvalue weighted by molar-refractivity contribution is 5.90. The number of aromatic nitrogens is 2. The Morgan fingerprint density at radius 2 is 2.05 bits per heavy atom. The predicted octanol–water partition coefficient (Wildman–Crippen LogP) is 2.00. The largest absolute Gasteiger partial charge is 0.396 e. The topological polar surface area (TPSA) is 72.9 Å². The van der Waals surface area contributed by atoms with Crippen molar-refractivity contribution in [3.8, 4) is 0 Å². The molecule has 1 heterocycles. The van der Waals surface area contributed by atoms with E-state index in [9.17, 15) is 13.6 Å². The molecule has 1 aromatic carbocycles. The minimum absolute atomic E-state index is 0.0527. The highest BCUT2D eigenvalue weighted by atomic mass is 19.2. The maximum Gasteiger partial charge on any atom is 0.246 e. The minimum atomic E-state index is -1.02. The summed E-state index contributed by atoms with van der Waals surface area (Å²) >= 11 is 0. The summed E-state index contributed by atoms with van der Waals surface area (Å²) in [5.74, 6) is -2.38. The number of hydrogen-bond donors (Lipinski definition) is 2. The van der Waals surface area contributed by atoms with Crippen LogP contribution in [0.4, 0.5) is 20.2 Å². The van der Waals surface area contributed by atoms with Crippen LogP contribution in [0, 0.1) is 25.5 Å². The zero-order valence-electron chi connectivity index (χ0n) is 11.1. The number of nitrogens with zero attached hydrogens (tertiary/aromatic N) is 2. The lowest BCUT2D eigenvalue weighted by Gasteiger charge is -2.07. The standard InChI is InChI=1S/C13H14F2N4O/c1-7-13(16)8(2)19(18-7)6-12(20)17-9-3-4-10(14)11(15)5-9/h3-5H,6,16H2,1-2H3,(H,17,20). The summed E-state index contributed by atoms with van der Waals surface area (Å²) in [7, 11) is 0. The van der Waals surface area contributed by atoms with Gasteiger partial charge < -0.3 is 11.1 Å². The fourth-order valence-electron chi connectivity index (χ4n) is 1.78. The highest BCUT2D eigenvalue weighted by Gasteiger charge is 2.12. The summed E-state index contributed by atoms with van der Waals surface area (Å²) in [5, 5.41) is 6.59. The lowest BCUT2D eigenvalue weighted by Crippen LogP contribution is -2.20. The van der Waals surface area contributed by atoms with Crippen molar-refractivity contribution in [3.63, 3.8) is 0 Å². The first-order valence-corrected chi connectivity index (χ1v) is 5.93. The van der Waals surface area contributed by atoms with Crippen LogP contribution in [0.5, 0.6) is 0 Å². The van der Waals surface area contributed by atoms with Crippen molar-refractivity contribution in [3.05, 3.63) is 41.2 Å². The first kappa shape index (κ1) is 14.0. The van der Waals surface area contributed by atoms with E-state index in [2.05, 4.69) is 10.4 Å². The third-order valence-electron chi connectivity index (χ3n) is 2.93. The Bertz CT molecular complexity index is 667. The van der Waals surface area contributed by atoms with Crippen LogP contribution in [0.15, 0.2) is 18.2 Å². The number of carbonyl (C=O) groups is 1. The number of nitrogen functional groups attached to an aromatic ring is 1. The minimum Gasteiger partial charge on any atom is -0.396 e. The molecule has 0 fully saturated rings. The molecular weight excluding hydrogens is 266 g/mol. The number of hydrogen-bond acceptors (Lipinski definition) is 3. The first-order valence-electron chi connectivity index (χ1n) is 5.93. The molecule has 20 heavy (non-hydrogen) atoms. The highest BCUT2D eigenvalue weighted by Crippen LogP contribution is 2.16. The van der Waals surface area contributed by atoms with E-state index in [0.717, 1.165) is 12.1 Å². The molecule has 5 nitrogen and oxygen atoms in total. The maximum absolute atomic E-state index is 13.0. The quantitative estimate of drug-likeness (QED) is 0.903. The molecule has 0 aliphatic carbocycles. The molecule has 0 aliphatic heterocycles. The molecule has 0 radical (unpaired) electrons. The van der Waals surface area contributed by atoms with E-state index in [1.165, 1.54) is 10.7 Å². The SMILES string of the molecule is Cc1nn(CC(=O)Nc2ccc(F)c(F)c2)c(C)c1N. The second-order valence-corrected chi connectivity index (χ2v) is 4.42. The molecule has 106 valence electrons. The second-order valence-electron chi connectivity index (χ2n) is 4.42. The van der Waals surface area contributed by atoms with Gasteiger partial charge in [-0.05, 0) is 26.0 Å². The Hall–Kier alpha value is -2.44. The smallest absolute Gasteiger partial charge is 0.246 e. The molecule has 0 atom stereocenters. The van der Waals surface area contributed by atoms with Gasteiger partial charge in [-0.1, -0.05) is 0 Å². The number of halogens is 2. The molecule has 2 aromatic rings. The number of nitrogens with two attached hydrogens (primary N) is 1. The summed E-state index contributed by atoms with van der Waals surface area (Å²) in [5.41, 5.74) is 7.80. The zero-order valence-corrected chi connectivity index (χ0v) is 11.1. The summed E-state index contributed by atoms with van der Waals surface area (Å²) < 4.78 is 27.2. The number of nitrogens with one attached hydrogen (secondary N) is 1. The van der Waals surface area contributed by atoms with Gasteiger partial charge in [-0.3, -0.25) is 9.48 Å². The molecule has 0 bridgehead atoms. The Morgan fingerprint density at radius 1 is 1.35 bits per heavy atom. The van der Waals surface area contributed by atoms with Crippen LogP contribution in [-0.2, 0) is 11.3 Å². The number of rotatable bonds is 3. The van der Waals surface area contributed by atoms with Gasteiger partial charge in [-0.25, -0.2) is 8.78 Å². The van der Waals surface area contributed by atoms with Crippen molar-refractivity contribution < 1.29 is 13.6 Å². The van der Waals surface area contributed by atoms with Crippen LogP contribution in [0.1, 0.15) is 11.4 Å². The van der Waals surface area contributed by atoms with Gasteiger partial charge in [-0.15, -0.1) is 0 Å². The van der Waals surface area contributed by atoms with Crippen LogP contribution in [-0.4, -0.2) is 15.7 Å². The third kappa shape index (κ3) is 2.76. The van der Waals surface area contributed by atoms with Gasteiger partial charge in [0, 0.05) is 11.8 Å². The molecule has 0 aliphatic rings. The zero-order chi connectivity index (χ0) is 14.9. The Kier molecular flexibility index (Phi) is 3.69. The maximum atomic E-state index is 13.0. The summed E-state index contributed by atoms with van der Waals surface area (Å²) in [6.45, 7) is 3.44. The molecule has 1 aromatic heterocycles. The van der Waals surface area contributed by atoms with Crippen LogP contribution < -0.4 is 11.1 Å². The fraction of sp³-hybridized carbons (Fsp3) is 0.231. The summed E-state index contributed by atoms with van der Waals surface area (Å²) in [4.78, 5) is 11.8. The molecule has 0 saturated heterocycles. The second kappa shape index (κ2) is 5.28. The lowest BCUT2D eigenvalue weighted by molar-refractivity contribution is -0.116. The molecule has 0 unspecified atom stereocenters. The van der Waals surface area contributed by atoms with E-state index in [1.807, 2.05) is 0 Å². The molecule has 7 heteroatoms. The van der Waals surface area contributed by atoms with Gasteiger partial charge in [0.1, 0.15) is 6.54 Å². The van der Waals surface area contributed by atoms with E-state index in [4.69, 9.17) is 5.73 Å². The van der Waals surface area contributed by atoms with Crippen molar-refractivity contribution >= 4 is 17.3 Å². The van der Waals surface area contributed by atoms with Crippen molar-refractivity contribution in [1.29, 1.82) is 0 Å². The van der Waals surface area contributed by atoms with Crippen molar-refractivity contribution in [2.45, 2.75) is 20.4 Å². The molecule has 3 N–H and O–H groups in total. The first-order chi connectivity index (χ1) is 9.38. The van der Waals surface area contributed by atoms with E-state index < -0.39 is 17.5 Å². The average Bonchev–Trinajstić information content (AvgIpc) is 2.61. The van der Waals surface area contributed by atoms with E-state index >= 15 is 0 Å². The van der Waals surface area contributed by atoms with Gasteiger partial charge in [0.05, 0.1) is 17.1 Å². The molecule has 2 rings (SSSR count). The van der Waals surface area contributed by atoms with Crippen LogP contribution in [0.3, 0.4) is 0 Å². The lowest BCUT2D eigenvalue weighted by atomic mass is 10.3. The molecular formula is C13H14F2N4O. The fourth-order valence-corrected chi connectivity index (χ4v) is 1.78. The normalized spacial score (nSPS) is 10.6. The number of amides is 1. The third-order valence-corrected chi connectivity index (χ3v) is 2.93. The number of aryl methyl sites for hydroxylation is 1. The predicted molar refractivity (Wildman–Crippen MR) is 71.1 cm³/mol. The van der Waals surface area contributed by atoms with E-state index in [0.29, 0.717) is 17.1 Å². The molecule has 0 saturated carbocycles. The monoisotopic (exact) mass is 280 g/mol. The van der Waals surface area contributed by atoms with E-state index in [-0.39, 0.29) is 12.2 Å². The number of carbonyl (C=O) groups excluding carboxylic acids is 1. The van der Waals surface area contributed by atoms with E-state index in [1.54, 1.807) is 13.8 Å². The van der Waals surface area contributed by atoms with Gasteiger partial charge >= 0.3 is 0 Å². The van der Waals surface area contributed by atoms with Crippen LogP contribution in [0.25, 0.3) is 0 Å². The van der Waals surface area contributed by atoms with Crippen molar-refractivity contribution in [2.24, 2.45) is 0 Å². The number of benzene rings is 1. The van der Waals surface area contributed by atoms with Crippen LogP contribution in [0.2, 0.25) is 0 Å². The van der Waals surface area contributed by atoms with Crippen molar-refractivity contribution in [2.75, 3.05) is 11.1 Å². The average molecular weight is 280 g/mol. The Balaban J connectivity index is 2.09. The summed E-state index contributed by atoms with van der Waals surface area (Å²) in [6, 6.07) is 3.15.